The number of methoxy groups -OCH3 is 2. The molecule has 0 aromatic rings. The van der Waals surface area contributed by atoms with Gasteiger partial charge in [-0.2, -0.15) is 0 Å². The molecule has 0 saturated carbocycles. The number of hydrogen-bond acceptors (Lipinski definition) is 8. The van der Waals surface area contributed by atoms with Gasteiger partial charge in [-0.05, 0) is 0 Å². The molecule has 0 N–H and O–H groups in total. The molecule has 21 heavy (non-hydrogen) atoms. The normalized spacial score (nSPS) is 10.4. The fourth-order valence-electron chi connectivity index (χ4n) is 1.13. The predicted molar refractivity (Wildman–Crippen MR) is 71.9 cm³/mol. The molecule has 0 aliphatic rings. The van der Waals surface area contributed by atoms with Gasteiger partial charge in [-0.25, -0.2) is 4.79 Å². The van der Waals surface area contributed by atoms with Gasteiger partial charge in [-0.1, -0.05) is 0 Å². The summed E-state index contributed by atoms with van der Waals surface area (Å²) in [6.07, 6.45) is 0.241. The molecule has 0 radical (unpaired) electrons. The molecule has 124 valence electrons. The second-order valence-electron chi connectivity index (χ2n) is 3.79. The lowest BCUT2D eigenvalue weighted by atomic mass is 10.5. The predicted octanol–water partition coefficient (Wildman–Crippen LogP) is -0.211. The number of carbonyl (C=O) groups is 2. The molecule has 0 aromatic carbocycles. The molecule has 0 unspecified atom stereocenters. The third kappa shape index (κ3) is 15.0. The molecule has 0 amide bonds. The van der Waals surface area contributed by atoms with E-state index in [4.69, 9.17) is 18.9 Å². The quantitative estimate of drug-likeness (QED) is 0.322. The van der Waals surface area contributed by atoms with Gasteiger partial charge in [-0.15, -0.1) is 0 Å². The zero-order valence-corrected chi connectivity index (χ0v) is 12.6. The van der Waals surface area contributed by atoms with Gasteiger partial charge in [-0.3, -0.25) is 4.79 Å². The fraction of sp³-hybridized carbons (Fsp3) is 0.846. The van der Waals surface area contributed by atoms with Gasteiger partial charge < -0.3 is 28.4 Å². The first kappa shape index (κ1) is 19.8. The Balaban J connectivity index is 3.06. The molecule has 0 aromatic heterocycles. The first-order valence-corrected chi connectivity index (χ1v) is 6.65. The molecule has 0 rings (SSSR count). The first-order valence-electron chi connectivity index (χ1n) is 6.65. The van der Waals surface area contributed by atoms with Crippen molar-refractivity contribution >= 4 is 11.9 Å². The topological polar surface area (TPSA) is 89.5 Å². The molecular weight excluding hydrogens is 284 g/mol. The Bertz CT molecular complexity index is 243. The summed E-state index contributed by atoms with van der Waals surface area (Å²) in [5.41, 5.74) is 0. The van der Waals surface area contributed by atoms with Crippen molar-refractivity contribution in [2.45, 2.75) is 6.42 Å². The van der Waals surface area contributed by atoms with E-state index in [1.54, 1.807) is 0 Å². The van der Waals surface area contributed by atoms with Gasteiger partial charge in [0.25, 0.3) is 0 Å². The van der Waals surface area contributed by atoms with Crippen molar-refractivity contribution in [1.29, 1.82) is 0 Å². The third-order valence-corrected chi connectivity index (χ3v) is 2.24. The summed E-state index contributed by atoms with van der Waals surface area (Å²) >= 11 is 0. The fourth-order valence-corrected chi connectivity index (χ4v) is 1.13. The van der Waals surface area contributed by atoms with E-state index in [0.717, 1.165) is 0 Å². The lowest BCUT2D eigenvalue weighted by Crippen LogP contribution is -2.15. The average molecular weight is 308 g/mol. The molecule has 0 aliphatic heterocycles. The zero-order valence-electron chi connectivity index (χ0n) is 12.6. The lowest BCUT2D eigenvalue weighted by molar-refractivity contribution is -0.146. The van der Waals surface area contributed by atoms with E-state index in [-0.39, 0.29) is 19.0 Å². The second kappa shape index (κ2) is 15.2. The SMILES string of the molecule is COC(=O)CCOCCOCCOCCOCC(=O)OC. The van der Waals surface area contributed by atoms with Gasteiger partial charge >= 0.3 is 11.9 Å². The molecule has 0 heterocycles. The smallest absolute Gasteiger partial charge is 0.331 e. The Morgan fingerprint density at radius 2 is 1.05 bits per heavy atom. The van der Waals surface area contributed by atoms with E-state index >= 15 is 0 Å². The monoisotopic (exact) mass is 308 g/mol. The number of carbonyl (C=O) groups excluding carboxylic acids is 2. The Morgan fingerprint density at radius 3 is 1.52 bits per heavy atom. The van der Waals surface area contributed by atoms with E-state index in [1.165, 1.54) is 14.2 Å². The molecule has 0 fully saturated rings. The Hall–Kier alpha value is -1.22. The largest absolute Gasteiger partial charge is 0.469 e. The van der Waals surface area contributed by atoms with Crippen LogP contribution in [0.25, 0.3) is 0 Å². The van der Waals surface area contributed by atoms with Crippen molar-refractivity contribution in [1.82, 2.24) is 0 Å². The van der Waals surface area contributed by atoms with Gasteiger partial charge in [0.05, 0.1) is 66.9 Å². The van der Waals surface area contributed by atoms with Gasteiger partial charge in [0, 0.05) is 0 Å². The van der Waals surface area contributed by atoms with Crippen molar-refractivity contribution in [3.63, 3.8) is 0 Å². The maximum absolute atomic E-state index is 10.8. The second-order valence-corrected chi connectivity index (χ2v) is 3.79. The van der Waals surface area contributed by atoms with Crippen molar-refractivity contribution in [2.75, 3.05) is 67.1 Å². The number of rotatable bonds is 14. The van der Waals surface area contributed by atoms with Gasteiger partial charge in [0.15, 0.2) is 0 Å². The standard InChI is InChI=1S/C13H24O8/c1-16-12(14)3-4-18-5-6-19-7-8-20-9-10-21-11-13(15)17-2/h3-11H2,1-2H3. The highest BCUT2D eigenvalue weighted by atomic mass is 16.6. The van der Waals surface area contributed by atoms with Gasteiger partial charge in [0.1, 0.15) is 6.61 Å². The molecule has 0 saturated heterocycles. The Kier molecular flexibility index (Phi) is 14.3. The molecule has 8 nitrogen and oxygen atoms in total. The highest BCUT2D eigenvalue weighted by Crippen LogP contribution is 1.87. The maximum atomic E-state index is 10.8. The lowest BCUT2D eigenvalue weighted by Gasteiger charge is -2.07. The van der Waals surface area contributed by atoms with Crippen LogP contribution in [0.2, 0.25) is 0 Å². The highest BCUT2D eigenvalue weighted by molar-refractivity contribution is 5.70. The molecular formula is C13H24O8. The summed E-state index contributed by atoms with van der Waals surface area (Å²) in [5, 5.41) is 0. The third-order valence-electron chi connectivity index (χ3n) is 2.24. The van der Waals surface area contributed by atoms with E-state index in [0.29, 0.717) is 46.2 Å². The van der Waals surface area contributed by atoms with Crippen molar-refractivity contribution in [2.24, 2.45) is 0 Å². The average Bonchev–Trinajstić information content (AvgIpc) is 2.51. The van der Waals surface area contributed by atoms with Crippen LogP contribution in [0, 0.1) is 0 Å². The summed E-state index contributed by atoms with van der Waals surface area (Å²) in [5.74, 6) is -0.704. The van der Waals surface area contributed by atoms with Crippen LogP contribution >= 0.6 is 0 Å². The van der Waals surface area contributed by atoms with E-state index < -0.39 is 5.97 Å². The summed E-state index contributed by atoms with van der Waals surface area (Å²) < 4.78 is 29.5. The summed E-state index contributed by atoms with van der Waals surface area (Å²) in [6, 6.07) is 0. The number of ether oxygens (including phenoxy) is 6. The molecule has 0 spiro atoms. The van der Waals surface area contributed by atoms with Crippen molar-refractivity contribution < 1.29 is 38.0 Å². The van der Waals surface area contributed by atoms with Crippen LogP contribution in [-0.2, 0) is 38.0 Å². The summed E-state index contributed by atoms with van der Waals surface area (Å²) in [7, 11) is 2.64. The van der Waals surface area contributed by atoms with Crippen LogP contribution in [0.4, 0.5) is 0 Å². The van der Waals surface area contributed by atoms with E-state index in [1.807, 2.05) is 0 Å². The highest BCUT2D eigenvalue weighted by Gasteiger charge is 2.00. The van der Waals surface area contributed by atoms with Crippen molar-refractivity contribution in [3.8, 4) is 0 Å². The Labute approximate surface area is 124 Å². The van der Waals surface area contributed by atoms with Crippen LogP contribution < -0.4 is 0 Å². The van der Waals surface area contributed by atoms with E-state index in [2.05, 4.69) is 9.47 Å². The van der Waals surface area contributed by atoms with Crippen LogP contribution in [0.3, 0.4) is 0 Å². The zero-order chi connectivity index (χ0) is 15.8. The van der Waals surface area contributed by atoms with Gasteiger partial charge in [0.2, 0.25) is 0 Å². The van der Waals surface area contributed by atoms with Crippen LogP contribution in [0.1, 0.15) is 6.42 Å². The number of hydrogen-bond donors (Lipinski definition) is 0. The minimum Gasteiger partial charge on any atom is -0.469 e. The molecule has 0 aliphatic carbocycles. The van der Waals surface area contributed by atoms with Crippen LogP contribution in [-0.4, -0.2) is 79.0 Å². The maximum Gasteiger partial charge on any atom is 0.331 e. The van der Waals surface area contributed by atoms with Crippen molar-refractivity contribution in [3.05, 3.63) is 0 Å². The molecule has 8 heteroatoms. The molecule has 0 bridgehead atoms. The minimum absolute atomic E-state index is 0.0702. The van der Waals surface area contributed by atoms with Crippen LogP contribution in [0.5, 0.6) is 0 Å². The summed E-state index contributed by atoms with van der Waals surface area (Å²) in [6.45, 7) is 2.69. The number of esters is 2. The Morgan fingerprint density at radius 1 is 0.619 bits per heavy atom. The minimum atomic E-state index is -0.412. The van der Waals surface area contributed by atoms with Crippen LogP contribution in [0.15, 0.2) is 0 Å². The first-order chi connectivity index (χ1) is 10.2. The summed E-state index contributed by atoms with van der Waals surface area (Å²) in [4.78, 5) is 21.5. The molecule has 0 atom stereocenters. The van der Waals surface area contributed by atoms with E-state index in [9.17, 15) is 9.59 Å².